The molecule has 0 aromatic heterocycles. The van der Waals surface area contributed by atoms with Crippen LogP contribution in [-0.2, 0) is 22.4 Å². The van der Waals surface area contributed by atoms with E-state index in [1.54, 1.807) is 7.05 Å². The third kappa shape index (κ3) is 6.06. The predicted molar refractivity (Wildman–Crippen MR) is 146 cm³/mol. The van der Waals surface area contributed by atoms with Crippen LogP contribution in [0.15, 0.2) is 66.7 Å². The van der Waals surface area contributed by atoms with Crippen LogP contribution in [0.3, 0.4) is 0 Å². The monoisotopic (exact) mass is 506 g/mol. The number of nitrogens with zero attached hydrogens (tertiary/aromatic N) is 2. The fraction of sp³-hybridized carbons (Fsp3) is 0.379. The van der Waals surface area contributed by atoms with Crippen molar-refractivity contribution in [3.63, 3.8) is 0 Å². The van der Waals surface area contributed by atoms with Gasteiger partial charge in [-0.2, -0.15) is 0 Å². The summed E-state index contributed by atoms with van der Waals surface area (Å²) in [4.78, 5) is 30.4. The average molecular weight is 507 g/mol. The number of nitrogens with one attached hydrogen (secondary N) is 1. The first-order valence-corrected chi connectivity index (χ1v) is 13.0. The smallest absolute Gasteiger partial charge is 0.240 e. The van der Waals surface area contributed by atoms with Crippen LogP contribution >= 0.6 is 11.6 Å². The predicted octanol–water partition coefficient (Wildman–Crippen LogP) is 3.64. The Labute approximate surface area is 218 Å². The highest BCUT2D eigenvalue weighted by atomic mass is 35.5. The Hall–Kier alpha value is -2.93. The molecule has 3 aromatic carbocycles. The average Bonchev–Trinajstić information content (AvgIpc) is 2.91. The van der Waals surface area contributed by atoms with Crippen molar-refractivity contribution >= 4 is 34.2 Å². The molecule has 4 rings (SSSR count). The fourth-order valence-corrected chi connectivity index (χ4v) is 5.25. The highest BCUT2D eigenvalue weighted by Gasteiger charge is 2.36. The van der Waals surface area contributed by atoms with E-state index in [2.05, 4.69) is 47.5 Å². The molecule has 0 saturated carbocycles. The molecular formula is C29H35ClN4O2. The van der Waals surface area contributed by atoms with Crippen LogP contribution in [0.4, 0.5) is 0 Å². The van der Waals surface area contributed by atoms with Gasteiger partial charge < -0.3 is 16.0 Å². The lowest BCUT2D eigenvalue weighted by Crippen LogP contribution is -2.62. The molecule has 1 heterocycles. The number of carbonyl (C=O) groups is 2. The van der Waals surface area contributed by atoms with Gasteiger partial charge in [-0.05, 0) is 53.3 Å². The van der Waals surface area contributed by atoms with E-state index in [0.29, 0.717) is 37.5 Å². The first kappa shape index (κ1) is 26.1. The highest BCUT2D eigenvalue weighted by molar-refractivity contribution is 6.30. The lowest BCUT2D eigenvalue weighted by Gasteiger charge is -2.44. The summed E-state index contributed by atoms with van der Waals surface area (Å²) in [6.07, 6.45) is 1.88. The molecule has 3 N–H and O–H groups in total. The molecule has 6 nitrogen and oxygen atoms in total. The minimum absolute atomic E-state index is 0.00257. The molecule has 190 valence electrons. The van der Waals surface area contributed by atoms with Gasteiger partial charge in [0.25, 0.3) is 0 Å². The summed E-state index contributed by atoms with van der Waals surface area (Å²) >= 11 is 5.98. The SMILES string of the molecule is CCC1CN(C(Cc2ccc3ccccc3c2)C(=O)NC)CCN1C(=O)C(N)Cc1ccc(Cl)cc1. The molecule has 0 aliphatic carbocycles. The second-order valence-electron chi connectivity index (χ2n) is 9.54. The minimum Gasteiger partial charge on any atom is -0.358 e. The van der Waals surface area contributed by atoms with Crippen LogP contribution in [0.1, 0.15) is 24.5 Å². The molecular weight excluding hydrogens is 472 g/mol. The lowest BCUT2D eigenvalue weighted by atomic mass is 9.98. The summed E-state index contributed by atoms with van der Waals surface area (Å²) < 4.78 is 0. The number of rotatable bonds is 8. The second kappa shape index (κ2) is 11.9. The van der Waals surface area contributed by atoms with Crippen molar-refractivity contribution in [2.24, 2.45) is 5.73 Å². The van der Waals surface area contributed by atoms with E-state index in [9.17, 15) is 9.59 Å². The normalized spacial score (nSPS) is 18.1. The second-order valence-corrected chi connectivity index (χ2v) is 9.98. The first-order chi connectivity index (χ1) is 17.4. The Bertz CT molecular complexity index is 1200. The van der Waals surface area contributed by atoms with E-state index < -0.39 is 6.04 Å². The quantitative estimate of drug-likeness (QED) is 0.489. The van der Waals surface area contributed by atoms with Crippen LogP contribution in [-0.4, -0.2) is 66.4 Å². The Balaban J connectivity index is 1.45. The Morgan fingerprint density at radius 1 is 1.00 bits per heavy atom. The third-order valence-corrected chi connectivity index (χ3v) is 7.44. The van der Waals surface area contributed by atoms with E-state index in [4.69, 9.17) is 17.3 Å². The number of likely N-dealkylation sites (N-methyl/N-ethyl adjacent to an activating group) is 1. The molecule has 0 radical (unpaired) electrons. The number of fused-ring (bicyclic) bond motifs is 1. The largest absolute Gasteiger partial charge is 0.358 e. The van der Waals surface area contributed by atoms with Crippen LogP contribution in [0, 0.1) is 0 Å². The number of hydrogen-bond donors (Lipinski definition) is 2. The van der Waals surface area contributed by atoms with Gasteiger partial charge >= 0.3 is 0 Å². The highest BCUT2D eigenvalue weighted by Crippen LogP contribution is 2.22. The van der Waals surface area contributed by atoms with E-state index in [1.165, 1.54) is 10.8 Å². The summed E-state index contributed by atoms with van der Waals surface area (Å²) in [5.74, 6) is -0.0419. The summed E-state index contributed by atoms with van der Waals surface area (Å²) in [6.45, 7) is 3.90. The Morgan fingerprint density at radius 3 is 2.39 bits per heavy atom. The lowest BCUT2D eigenvalue weighted by molar-refractivity contribution is -0.139. The van der Waals surface area contributed by atoms with Crippen molar-refractivity contribution in [3.05, 3.63) is 82.9 Å². The maximum absolute atomic E-state index is 13.3. The van der Waals surface area contributed by atoms with Crippen molar-refractivity contribution < 1.29 is 9.59 Å². The van der Waals surface area contributed by atoms with E-state index >= 15 is 0 Å². The van der Waals surface area contributed by atoms with Crippen molar-refractivity contribution in [2.45, 2.75) is 44.3 Å². The number of amides is 2. The molecule has 7 heteroatoms. The third-order valence-electron chi connectivity index (χ3n) is 7.19. The summed E-state index contributed by atoms with van der Waals surface area (Å²) in [6, 6.07) is 21.2. The van der Waals surface area contributed by atoms with Crippen molar-refractivity contribution in [3.8, 4) is 0 Å². The summed E-state index contributed by atoms with van der Waals surface area (Å²) in [5, 5.41) is 5.86. The topological polar surface area (TPSA) is 78.7 Å². The Morgan fingerprint density at radius 2 is 1.69 bits per heavy atom. The van der Waals surface area contributed by atoms with Crippen LogP contribution in [0.5, 0.6) is 0 Å². The van der Waals surface area contributed by atoms with Gasteiger partial charge in [0.15, 0.2) is 0 Å². The van der Waals surface area contributed by atoms with Crippen LogP contribution in [0.25, 0.3) is 10.8 Å². The first-order valence-electron chi connectivity index (χ1n) is 12.6. The number of hydrogen-bond acceptors (Lipinski definition) is 4. The van der Waals surface area contributed by atoms with Crippen molar-refractivity contribution in [2.75, 3.05) is 26.7 Å². The zero-order chi connectivity index (χ0) is 25.7. The van der Waals surface area contributed by atoms with Gasteiger partial charge in [0, 0.05) is 37.7 Å². The van der Waals surface area contributed by atoms with Gasteiger partial charge in [-0.15, -0.1) is 0 Å². The molecule has 2 amide bonds. The van der Waals surface area contributed by atoms with Gasteiger partial charge in [-0.25, -0.2) is 0 Å². The minimum atomic E-state index is -0.612. The molecule has 1 fully saturated rings. The van der Waals surface area contributed by atoms with Gasteiger partial charge in [0.05, 0.1) is 12.1 Å². The van der Waals surface area contributed by atoms with Gasteiger partial charge in [0.1, 0.15) is 0 Å². The molecule has 1 saturated heterocycles. The fourth-order valence-electron chi connectivity index (χ4n) is 5.12. The molecule has 1 aliphatic heterocycles. The number of nitrogens with two attached hydrogens (primary N) is 1. The maximum Gasteiger partial charge on any atom is 0.240 e. The zero-order valence-corrected chi connectivity index (χ0v) is 21.7. The van der Waals surface area contributed by atoms with E-state index in [1.807, 2.05) is 41.3 Å². The molecule has 1 aliphatic rings. The molecule has 36 heavy (non-hydrogen) atoms. The van der Waals surface area contributed by atoms with Gasteiger partial charge in [0.2, 0.25) is 11.8 Å². The van der Waals surface area contributed by atoms with Crippen LogP contribution in [0.2, 0.25) is 5.02 Å². The van der Waals surface area contributed by atoms with Crippen LogP contribution < -0.4 is 11.1 Å². The Kier molecular flexibility index (Phi) is 8.62. The van der Waals surface area contributed by atoms with Crippen molar-refractivity contribution in [1.82, 2.24) is 15.1 Å². The number of carbonyl (C=O) groups excluding carboxylic acids is 2. The molecule has 0 spiro atoms. The summed E-state index contributed by atoms with van der Waals surface area (Å²) in [7, 11) is 1.68. The molecule has 3 unspecified atom stereocenters. The van der Waals surface area contributed by atoms with E-state index in [-0.39, 0.29) is 23.9 Å². The standard InChI is InChI=1S/C29H35ClN4O2/c1-3-25-19-33(14-15-34(25)29(36)26(31)17-20-9-12-24(30)13-10-20)27(28(35)32-2)18-21-8-11-22-6-4-5-7-23(22)16-21/h4-13,16,25-27H,3,14-15,17-19,31H2,1-2H3,(H,32,35). The maximum atomic E-state index is 13.3. The van der Waals surface area contributed by atoms with E-state index in [0.717, 1.165) is 17.5 Å². The number of benzene rings is 3. The van der Waals surface area contributed by atoms with Gasteiger partial charge in [-0.1, -0.05) is 73.1 Å². The zero-order valence-electron chi connectivity index (χ0n) is 21.0. The molecule has 0 bridgehead atoms. The molecule has 3 aromatic rings. The van der Waals surface area contributed by atoms with Crippen molar-refractivity contribution in [1.29, 1.82) is 0 Å². The number of piperazine rings is 1. The van der Waals surface area contributed by atoms with Gasteiger partial charge in [-0.3, -0.25) is 14.5 Å². The summed E-state index contributed by atoms with van der Waals surface area (Å²) in [5.41, 5.74) is 8.46. The number of halogens is 1. The molecule has 3 atom stereocenters.